The Labute approximate surface area is 152 Å². The van der Waals surface area contributed by atoms with Gasteiger partial charge in [-0.25, -0.2) is 19.2 Å². The lowest BCUT2D eigenvalue weighted by atomic mass is 10.0. The molecule has 148 valence electrons. The van der Waals surface area contributed by atoms with Crippen LogP contribution in [0.1, 0.15) is 31.1 Å². The molecule has 27 heavy (non-hydrogen) atoms. The molecule has 1 unspecified atom stereocenters. The first-order valence-electron chi connectivity index (χ1n) is 7.21. The predicted molar refractivity (Wildman–Crippen MR) is 88.0 cm³/mol. The van der Waals surface area contributed by atoms with E-state index in [0.717, 1.165) is 30.4 Å². The van der Waals surface area contributed by atoms with Crippen molar-refractivity contribution in [3.05, 3.63) is 47.0 Å². The van der Waals surface area contributed by atoms with Crippen LogP contribution in [0.15, 0.2) is 30.4 Å². The van der Waals surface area contributed by atoms with Gasteiger partial charge in [-0.3, -0.25) is 0 Å². The lowest BCUT2D eigenvalue weighted by Crippen LogP contribution is -2.14. The summed E-state index contributed by atoms with van der Waals surface area (Å²) in [6.45, 7) is 0.0116. The topological polar surface area (TPSA) is 199 Å². The van der Waals surface area contributed by atoms with Gasteiger partial charge in [0.25, 0.3) is 0 Å². The molecule has 11 nitrogen and oxygen atoms in total. The first kappa shape index (κ1) is 23.7. The van der Waals surface area contributed by atoms with Gasteiger partial charge in [-0.1, -0.05) is 0 Å². The highest BCUT2D eigenvalue weighted by Gasteiger charge is 2.17. The Balaban J connectivity index is 0.000000516. The van der Waals surface area contributed by atoms with Crippen molar-refractivity contribution >= 4 is 23.9 Å². The van der Waals surface area contributed by atoms with Crippen LogP contribution in [-0.2, 0) is 9.53 Å². The standard InChI is InChI=1S/C9H6O6.C7H12O5/c10-7(11)4-1-2-5(8(12)13)6(3-4)9(14)15;8-3-4-12-5-6(9)1-2-7(10)11/h1-3H,(H,10,11)(H,12,13)(H,14,15);1-2,6,8-9H,3-5H2,(H,10,11). The van der Waals surface area contributed by atoms with Gasteiger partial charge in [-0.05, 0) is 24.3 Å². The van der Waals surface area contributed by atoms with E-state index < -0.39 is 41.1 Å². The van der Waals surface area contributed by atoms with E-state index in [1.807, 2.05) is 0 Å². The molecule has 0 bridgehead atoms. The highest BCUT2D eigenvalue weighted by Crippen LogP contribution is 2.12. The molecule has 0 fully saturated rings. The van der Waals surface area contributed by atoms with Crippen molar-refractivity contribution in [1.82, 2.24) is 0 Å². The van der Waals surface area contributed by atoms with Gasteiger partial charge in [0, 0.05) is 6.08 Å². The van der Waals surface area contributed by atoms with Gasteiger partial charge in [-0.2, -0.15) is 0 Å². The Morgan fingerprint density at radius 1 is 0.963 bits per heavy atom. The van der Waals surface area contributed by atoms with E-state index in [1.165, 1.54) is 0 Å². The Morgan fingerprint density at radius 2 is 1.56 bits per heavy atom. The summed E-state index contributed by atoms with van der Waals surface area (Å²) in [4.78, 5) is 41.7. The molecule has 1 atom stereocenters. The number of carboxylic acid groups (broad SMARTS) is 4. The minimum Gasteiger partial charge on any atom is -0.478 e. The summed E-state index contributed by atoms with van der Waals surface area (Å²) < 4.78 is 4.73. The van der Waals surface area contributed by atoms with Crippen LogP contribution >= 0.6 is 0 Å². The number of carbonyl (C=O) groups is 4. The Bertz CT molecular complexity index is 708. The van der Waals surface area contributed by atoms with E-state index in [9.17, 15) is 19.2 Å². The fraction of sp³-hybridized carbons (Fsp3) is 0.250. The van der Waals surface area contributed by atoms with Gasteiger partial charge in [0.2, 0.25) is 0 Å². The highest BCUT2D eigenvalue weighted by molar-refractivity contribution is 6.03. The molecular weight excluding hydrogens is 368 g/mol. The summed E-state index contributed by atoms with van der Waals surface area (Å²) in [5, 5.41) is 51.3. The molecule has 0 aliphatic heterocycles. The van der Waals surface area contributed by atoms with Crippen LogP contribution in [0.4, 0.5) is 0 Å². The number of aromatic carboxylic acids is 3. The maximum absolute atomic E-state index is 10.6. The number of ether oxygens (including phenoxy) is 1. The first-order chi connectivity index (χ1) is 12.6. The summed E-state index contributed by atoms with van der Waals surface area (Å²) in [5.74, 6) is -5.31. The second-order valence-corrected chi connectivity index (χ2v) is 4.74. The van der Waals surface area contributed by atoms with Gasteiger partial charge in [0.05, 0.1) is 42.6 Å². The predicted octanol–water partition coefficient (Wildman–Crippen LogP) is -0.222. The molecule has 0 aromatic heterocycles. The van der Waals surface area contributed by atoms with Gasteiger partial charge in [0.1, 0.15) is 0 Å². The van der Waals surface area contributed by atoms with Crippen LogP contribution in [-0.4, -0.2) is 80.4 Å². The van der Waals surface area contributed by atoms with Crippen molar-refractivity contribution in [3.63, 3.8) is 0 Å². The lowest BCUT2D eigenvalue weighted by molar-refractivity contribution is -0.131. The summed E-state index contributed by atoms with van der Waals surface area (Å²) in [5.41, 5.74) is -1.24. The van der Waals surface area contributed by atoms with Crippen LogP contribution in [0.3, 0.4) is 0 Å². The molecule has 0 spiro atoms. The third-order valence-corrected chi connectivity index (χ3v) is 2.71. The molecule has 1 aromatic carbocycles. The SMILES string of the molecule is O=C(O)C=CC(O)COCCO.O=C(O)c1ccc(C(=O)O)c(C(=O)O)c1. The molecular formula is C16H18O11. The Morgan fingerprint density at radius 3 is 2.00 bits per heavy atom. The minimum absolute atomic E-state index is 0.00958. The maximum atomic E-state index is 10.6. The van der Waals surface area contributed by atoms with Crippen molar-refractivity contribution in [2.24, 2.45) is 0 Å². The van der Waals surface area contributed by atoms with Crippen LogP contribution in [0.5, 0.6) is 0 Å². The van der Waals surface area contributed by atoms with Crippen LogP contribution in [0.25, 0.3) is 0 Å². The van der Waals surface area contributed by atoms with E-state index in [0.29, 0.717) is 0 Å². The van der Waals surface area contributed by atoms with Crippen molar-refractivity contribution in [1.29, 1.82) is 0 Å². The molecule has 1 aromatic rings. The van der Waals surface area contributed by atoms with Crippen molar-refractivity contribution in [3.8, 4) is 0 Å². The van der Waals surface area contributed by atoms with Gasteiger partial charge in [0.15, 0.2) is 0 Å². The number of carboxylic acids is 4. The molecule has 0 saturated carbocycles. The van der Waals surface area contributed by atoms with Crippen molar-refractivity contribution < 1.29 is 54.6 Å². The zero-order chi connectivity index (χ0) is 21.0. The number of aliphatic hydroxyl groups is 2. The number of rotatable bonds is 9. The lowest BCUT2D eigenvalue weighted by Gasteiger charge is -2.04. The average molecular weight is 386 g/mol. The van der Waals surface area contributed by atoms with E-state index in [4.69, 9.17) is 35.4 Å². The molecule has 0 saturated heterocycles. The quantitative estimate of drug-likeness (QED) is 0.242. The molecule has 0 aliphatic rings. The summed E-state index contributed by atoms with van der Waals surface area (Å²) in [6.07, 6.45) is 1.01. The second kappa shape index (κ2) is 12.1. The number of aliphatic hydroxyl groups excluding tert-OH is 2. The normalized spacial score (nSPS) is 11.3. The number of benzene rings is 1. The third kappa shape index (κ3) is 9.69. The first-order valence-corrected chi connectivity index (χ1v) is 7.21. The molecule has 0 amide bonds. The van der Waals surface area contributed by atoms with E-state index in [2.05, 4.69) is 0 Å². The van der Waals surface area contributed by atoms with Gasteiger partial charge in [-0.15, -0.1) is 0 Å². The van der Waals surface area contributed by atoms with Gasteiger partial charge < -0.3 is 35.4 Å². The summed E-state index contributed by atoms with van der Waals surface area (Å²) in [6, 6.07) is 2.81. The minimum atomic E-state index is -1.48. The smallest absolute Gasteiger partial charge is 0.336 e. The third-order valence-electron chi connectivity index (χ3n) is 2.71. The fourth-order valence-corrected chi connectivity index (χ4v) is 1.56. The largest absolute Gasteiger partial charge is 0.478 e. The highest BCUT2D eigenvalue weighted by atomic mass is 16.5. The van der Waals surface area contributed by atoms with Crippen LogP contribution in [0, 0.1) is 0 Å². The number of hydrogen-bond acceptors (Lipinski definition) is 7. The second-order valence-electron chi connectivity index (χ2n) is 4.74. The zero-order valence-corrected chi connectivity index (χ0v) is 13.8. The van der Waals surface area contributed by atoms with Crippen molar-refractivity contribution in [2.75, 3.05) is 19.8 Å². The molecule has 6 N–H and O–H groups in total. The zero-order valence-electron chi connectivity index (χ0n) is 13.8. The fourth-order valence-electron chi connectivity index (χ4n) is 1.56. The monoisotopic (exact) mass is 386 g/mol. The van der Waals surface area contributed by atoms with E-state index >= 15 is 0 Å². The molecule has 0 radical (unpaired) electrons. The molecule has 1 rings (SSSR count). The van der Waals surface area contributed by atoms with Crippen molar-refractivity contribution in [2.45, 2.75) is 6.10 Å². The van der Waals surface area contributed by atoms with Gasteiger partial charge >= 0.3 is 23.9 Å². The molecule has 11 heteroatoms. The summed E-state index contributed by atoms with van der Waals surface area (Å²) in [7, 11) is 0. The Kier molecular flexibility index (Phi) is 10.7. The van der Waals surface area contributed by atoms with E-state index in [1.54, 1.807) is 0 Å². The van der Waals surface area contributed by atoms with Crippen LogP contribution in [0.2, 0.25) is 0 Å². The molecule has 0 heterocycles. The summed E-state index contributed by atoms with van der Waals surface area (Å²) >= 11 is 0. The molecule has 0 aliphatic carbocycles. The van der Waals surface area contributed by atoms with E-state index in [-0.39, 0.29) is 25.4 Å². The number of aliphatic carboxylic acids is 1. The maximum Gasteiger partial charge on any atom is 0.336 e. The van der Waals surface area contributed by atoms with Crippen LogP contribution < -0.4 is 0 Å². The number of hydrogen-bond donors (Lipinski definition) is 6. The Hall–Kier alpha value is -3.28. The average Bonchev–Trinajstić information content (AvgIpc) is 2.60.